The van der Waals surface area contributed by atoms with Crippen LogP contribution in [0.4, 0.5) is 9.59 Å². The molecule has 0 amide bonds. The Morgan fingerprint density at radius 1 is 0.383 bits per heavy atom. The number of hydrogen-bond donors (Lipinski definition) is 1. The fourth-order valence-corrected chi connectivity index (χ4v) is 7.58. The summed E-state index contributed by atoms with van der Waals surface area (Å²) in [5, 5.41) is 8.91. The van der Waals surface area contributed by atoms with Gasteiger partial charge in [0.15, 0.2) is 0 Å². The van der Waals surface area contributed by atoms with Crippen molar-refractivity contribution in [1.82, 2.24) is 4.90 Å². The largest absolute Gasteiger partial charge is 0.508 e. The van der Waals surface area contributed by atoms with Crippen molar-refractivity contribution in [2.45, 2.75) is 245 Å². The van der Waals surface area contributed by atoms with Crippen LogP contribution in [0, 0.1) is 0 Å². The van der Waals surface area contributed by atoms with Gasteiger partial charge in [0.2, 0.25) is 0 Å². The van der Waals surface area contributed by atoms with E-state index in [9.17, 15) is 9.59 Å². The molecule has 0 aliphatic carbocycles. The van der Waals surface area contributed by atoms with Crippen LogP contribution in [0.3, 0.4) is 0 Å². The summed E-state index contributed by atoms with van der Waals surface area (Å²) in [5.74, 6) is 0. The Hall–Kier alpha value is -1.62. The first-order chi connectivity index (χ1) is 29.5. The Morgan fingerprint density at radius 2 is 0.717 bits per heavy atom. The van der Waals surface area contributed by atoms with Crippen molar-refractivity contribution in [3.05, 3.63) is 0 Å². The lowest BCUT2D eigenvalue weighted by Gasteiger charge is -2.22. The van der Waals surface area contributed by atoms with Gasteiger partial charge in [0, 0.05) is 6.54 Å². The molecule has 10 nitrogen and oxygen atoms in total. The van der Waals surface area contributed by atoms with Crippen molar-refractivity contribution < 1.29 is 43.1 Å². The second-order valence-electron chi connectivity index (χ2n) is 17.1. The van der Waals surface area contributed by atoms with E-state index in [1.807, 2.05) is 0 Å². The van der Waals surface area contributed by atoms with E-state index < -0.39 is 12.3 Å². The van der Waals surface area contributed by atoms with Gasteiger partial charge in [-0.05, 0) is 90.1 Å². The van der Waals surface area contributed by atoms with Crippen molar-refractivity contribution in [2.75, 3.05) is 65.9 Å². The van der Waals surface area contributed by atoms with Crippen LogP contribution in [0.1, 0.15) is 233 Å². The third-order valence-electron chi connectivity index (χ3n) is 11.4. The average molecular weight is 858 g/mol. The zero-order valence-electron chi connectivity index (χ0n) is 40.0. The SMILES string of the molecule is CCCCCCCCC(CCCCCC)OC(=O)OCCCCCCN(CCCCCCOC(=O)OC(CCCCCC)CCCCCCCC)CCOCCOCCO. The molecular weight excluding hydrogens is 759 g/mol. The molecule has 0 aromatic rings. The van der Waals surface area contributed by atoms with E-state index in [4.69, 9.17) is 33.5 Å². The highest BCUT2D eigenvalue weighted by atomic mass is 16.7. The normalized spacial score (nSPS) is 12.5. The van der Waals surface area contributed by atoms with Gasteiger partial charge in [0.25, 0.3) is 0 Å². The minimum Gasteiger partial charge on any atom is -0.434 e. The molecule has 358 valence electrons. The lowest BCUT2D eigenvalue weighted by Crippen LogP contribution is -2.30. The first-order valence-corrected chi connectivity index (χ1v) is 25.7. The number of aliphatic hydroxyl groups excluding tert-OH is 1. The van der Waals surface area contributed by atoms with Gasteiger partial charge in [-0.1, -0.05) is 156 Å². The molecule has 0 heterocycles. The molecule has 0 aliphatic heterocycles. The monoisotopic (exact) mass is 858 g/mol. The number of hydrogen-bond acceptors (Lipinski definition) is 10. The van der Waals surface area contributed by atoms with E-state index in [-0.39, 0.29) is 18.8 Å². The number of carbonyl (C=O) groups is 2. The molecule has 0 aromatic carbocycles. The third-order valence-corrected chi connectivity index (χ3v) is 11.4. The van der Waals surface area contributed by atoms with Crippen molar-refractivity contribution >= 4 is 12.3 Å². The Morgan fingerprint density at radius 3 is 1.12 bits per heavy atom. The van der Waals surface area contributed by atoms with E-state index in [1.54, 1.807) is 0 Å². The molecule has 0 saturated carbocycles. The highest BCUT2D eigenvalue weighted by Gasteiger charge is 2.17. The molecule has 1 N–H and O–H groups in total. The number of unbranched alkanes of at least 4 members (excludes halogenated alkanes) is 22. The summed E-state index contributed by atoms with van der Waals surface area (Å²) in [4.78, 5) is 27.6. The zero-order chi connectivity index (χ0) is 43.8. The van der Waals surface area contributed by atoms with Crippen LogP contribution in [-0.4, -0.2) is 100 Å². The Kier molecular flexibility index (Phi) is 47.1. The van der Waals surface area contributed by atoms with Crippen molar-refractivity contribution in [3.63, 3.8) is 0 Å². The van der Waals surface area contributed by atoms with Crippen LogP contribution < -0.4 is 0 Å². The molecule has 0 saturated heterocycles. The molecule has 10 heteroatoms. The molecule has 0 rings (SSSR count). The molecule has 0 aliphatic rings. The summed E-state index contributed by atoms with van der Waals surface area (Å²) >= 11 is 0. The maximum atomic E-state index is 12.5. The van der Waals surface area contributed by atoms with Crippen LogP contribution in [0.25, 0.3) is 0 Å². The number of ether oxygens (including phenoxy) is 6. The topological polar surface area (TPSA) is 113 Å². The third kappa shape index (κ3) is 43.0. The maximum absolute atomic E-state index is 12.5. The fraction of sp³-hybridized carbons (Fsp3) is 0.960. The minimum atomic E-state index is -0.499. The highest BCUT2D eigenvalue weighted by molar-refractivity contribution is 5.60. The molecule has 0 bridgehead atoms. The number of rotatable bonds is 48. The summed E-state index contributed by atoms with van der Waals surface area (Å²) in [7, 11) is 0. The van der Waals surface area contributed by atoms with E-state index in [2.05, 4.69) is 32.6 Å². The fourth-order valence-electron chi connectivity index (χ4n) is 7.58. The van der Waals surface area contributed by atoms with Gasteiger partial charge in [-0.15, -0.1) is 0 Å². The quantitative estimate of drug-likeness (QED) is 0.0469. The predicted octanol–water partition coefficient (Wildman–Crippen LogP) is 13.9. The zero-order valence-corrected chi connectivity index (χ0v) is 40.0. The maximum Gasteiger partial charge on any atom is 0.508 e. The summed E-state index contributed by atoms with van der Waals surface area (Å²) in [5.41, 5.74) is 0. The summed E-state index contributed by atoms with van der Waals surface area (Å²) in [6.07, 6.45) is 35.1. The Balaban J connectivity index is 4.50. The highest BCUT2D eigenvalue weighted by Crippen LogP contribution is 2.19. The predicted molar refractivity (Wildman–Crippen MR) is 248 cm³/mol. The molecule has 2 atom stereocenters. The molecule has 2 unspecified atom stereocenters. The van der Waals surface area contributed by atoms with Gasteiger partial charge in [-0.3, -0.25) is 0 Å². The van der Waals surface area contributed by atoms with Gasteiger partial charge < -0.3 is 38.4 Å². The molecule has 0 radical (unpaired) electrons. The minimum absolute atomic E-state index is 0.0251. The average Bonchev–Trinajstić information content (AvgIpc) is 3.24. The van der Waals surface area contributed by atoms with E-state index >= 15 is 0 Å². The number of carbonyl (C=O) groups excluding carboxylic acids is 2. The van der Waals surface area contributed by atoms with Gasteiger partial charge in [0.1, 0.15) is 12.2 Å². The first-order valence-electron chi connectivity index (χ1n) is 25.7. The van der Waals surface area contributed by atoms with E-state index in [0.29, 0.717) is 39.6 Å². The molecule has 60 heavy (non-hydrogen) atoms. The molecule has 0 spiro atoms. The van der Waals surface area contributed by atoms with E-state index in [0.717, 1.165) is 122 Å². The summed E-state index contributed by atoms with van der Waals surface area (Å²) in [6, 6.07) is 0. The second-order valence-corrected chi connectivity index (χ2v) is 17.1. The standard InChI is InChI=1S/C50H99NO9/c1-5-9-13-17-19-27-35-47(33-25-15-11-7-3)59-49(53)57-41-31-23-21-29-37-51(39-43-55-45-46-56-44-40-52)38-30-22-24-32-42-58-50(54)60-48(34-26-16-12-8-4)36-28-20-18-14-10-6-2/h47-48,52H,5-46H2,1-4H3. The molecule has 0 aromatic heterocycles. The lowest BCUT2D eigenvalue weighted by atomic mass is 10.0. The van der Waals surface area contributed by atoms with Crippen molar-refractivity contribution in [2.24, 2.45) is 0 Å². The molecular formula is C50H99NO9. The summed E-state index contributed by atoms with van der Waals surface area (Å²) < 4.78 is 33.8. The van der Waals surface area contributed by atoms with Crippen LogP contribution in [-0.2, 0) is 28.4 Å². The van der Waals surface area contributed by atoms with Gasteiger partial charge in [-0.25, -0.2) is 9.59 Å². The van der Waals surface area contributed by atoms with Crippen molar-refractivity contribution in [1.29, 1.82) is 0 Å². The second kappa shape index (κ2) is 48.4. The lowest BCUT2D eigenvalue weighted by molar-refractivity contribution is 0.0145. The number of aliphatic hydroxyl groups is 1. The smallest absolute Gasteiger partial charge is 0.434 e. The van der Waals surface area contributed by atoms with Crippen LogP contribution >= 0.6 is 0 Å². The Bertz CT molecular complexity index is 819. The number of nitrogens with zero attached hydrogens (tertiary/aromatic N) is 1. The van der Waals surface area contributed by atoms with Crippen molar-refractivity contribution in [3.8, 4) is 0 Å². The van der Waals surface area contributed by atoms with Gasteiger partial charge in [0.05, 0.1) is 46.2 Å². The van der Waals surface area contributed by atoms with Crippen LogP contribution in [0.2, 0.25) is 0 Å². The van der Waals surface area contributed by atoms with Gasteiger partial charge >= 0.3 is 12.3 Å². The summed E-state index contributed by atoms with van der Waals surface area (Å²) in [6.45, 7) is 14.6. The molecule has 0 fully saturated rings. The first kappa shape index (κ1) is 58.4. The van der Waals surface area contributed by atoms with Gasteiger partial charge in [-0.2, -0.15) is 0 Å². The van der Waals surface area contributed by atoms with Crippen LogP contribution in [0.15, 0.2) is 0 Å². The van der Waals surface area contributed by atoms with E-state index in [1.165, 1.54) is 103 Å². The van der Waals surface area contributed by atoms with Crippen LogP contribution in [0.5, 0.6) is 0 Å². The Labute approximate surface area is 370 Å².